The Kier molecular flexibility index (Phi) is 4.92. The summed E-state index contributed by atoms with van der Waals surface area (Å²) in [4.78, 5) is 16.2. The van der Waals surface area contributed by atoms with E-state index in [1.807, 2.05) is 0 Å². The second kappa shape index (κ2) is 7.00. The Morgan fingerprint density at radius 1 is 1.19 bits per heavy atom. The quantitative estimate of drug-likeness (QED) is 0.609. The zero-order valence-electron chi connectivity index (χ0n) is 14.0. The van der Waals surface area contributed by atoms with Crippen LogP contribution in [0.4, 0.5) is 8.78 Å². The lowest BCUT2D eigenvalue weighted by molar-refractivity contribution is -0.00322. The van der Waals surface area contributed by atoms with E-state index in [0.717, 1.165) is 0 Å². The molecule has 2 aromatic carbocycles. The predicted octanol–water partition coefficient (Wildman–Crippen LogP) is 5.84. The van der Waals surface area contributed by atoms with E-state index in [-0.39, 0.29) is 11.3 Å². The molecule has 0 amide bonds. The number of carbonyl (C=O) groups is 1. The van der Waals surface area contributed by atoms with Gasteiger partial charge in [0.1, 0.15) is 0 Å². The highest BCUT2D eigenvalue weighted by molar-refractivity contribution is 6.31. The van der Waals surface area contributed by atoms with Crippen molar-refractivity contribution < 1.29 is 18.7 Å². The van der Waals surface area contributed by atoms with Crippen molar-refractivity contribution in [3.8, 4) is 11.1 Å². The molecular formula is C20H16ClF2NO2. The maximum atomic E-state index is 14.0. The van der Waals surface area contributed by atoms with Gasteiger partial charge in [-0.1, -0.05) is 48.9 Å². The molecule has 0 spiro atoms. The van der Waals surface area contributed by atoms with Crippen LogP contribution in [-0.2, 0) is 6.42 Å². The number of nitrogens with zero attached hydrogens (tertiary/aromatic N) is 1. The van der Waals surface area contributed by atoms with Gasteiger partial charge in [-0.3, -0.25) is 4.98 Å². The zero-order valence-corrected chi connectivity index (χ0v) is 14.7. The minimum atomic E-state index is -3.04. The van der Waals surface area contributed by atoms with Crippen LogP contribution in [0.2, 0.25) is 5.02 Å². The summed E-state index contributed by atoms with van der Waals surface area (Å²) in [5.41, 5.74) is 1.06. The summed E-state index contributed by atoms with van der Waals surface area (Å²) in [5, 5.41) is 10.7. The number of rotatable bonds is 5. The van der Waals surface area contributed by atoms with Gasteiger partial charge in [0.2, 0.25) is 0 Å². The molecule has 3 aromatic rings. The molecule has 26 heavy (non-hydrogen) atoms. The maximum Gasteiger partial charge on any atom is 0.338 e. The molecule has 0 bridgehead atoms. The van der Waals surface area contributed by atoms with E-state index in [9.17, 15) is 18.7 Å². The van der Waals surface area contributed by atoms with Crippen LogP contribution >= 0.6 is 11.6 Å². The first-order chi connectivity index (χ1) is 12.3. The zero-order chi connectivity index (χ0) is 18.9. The molecule has 0 atom stereocenters. The smallest absolute Gasteiger partial charge is 0.338 e. The van der Waals surface area contributed by atoms with Gasteiger partial charge < -0.3 is 5.11 Å². The van der Waals surface area contributed by atoms with Crippen molar-refractivity contribution in [3.05, 3.63) is 64.8 Å². The van der Waals surface area contributed by atoms with Crippen molar-refractivity contribution in [1.82, 2.24) is 4.98 Å². The molecule has 0 saturated heterocycles. The van der Waals surface area contributed by atoms with Crippen LogP contribution in [0.15, 0.2) is 48.5 Å². The first kappa shape index (κ1) is 18.3. The summed E-state index contributed by atoms with van der Waals surface area (Å²) in [6.45, 7) is 1.36. The van der Waals surface area contributed by atoms with Crippen molar-refractivity contribution in [2.75, 3.05) is 0 Å². The van der Waals surface area contributed by atoms with Gasteiger partial charge >= 0.3 is 5.97 Å². The Labute approximate surface area is 154 Å². The minimum absolute atomic E-state index is 0.127. The summed E-state index contributed by atoms with van der Waals surface area (Å²) in [6.07, 6.45) is -1.13. The minimum Gasteiger partial charge on any atom is -0.478 e. The number of aromatic nitrogens is 1. The first-order valence-corrected chi connectivity index (χ1v) is 8.49. The Hall–Kier alpha value is -2.53. The number of hydrogen-bond donors (Lipinski definition) is 1. The van der Waals surface area contributed by atoms with E-state index in [4.69, 9.17) is 11.6 Å². The average Bonchev–Trinajstić information content (AvgIpc) is 2.61. The molecule has 0 fully saturated rings. The molecule has 134 valence electrons. The third kappa shape index (κ3) is 3.53. The SMILES string of the molecule is CCC(F)(F)Cc1nc2ccc(Cl)cc2c(-c2ccccc2)c1C(=O)O. The topological polar surface area (TPSA) is 50.2 Å². The Morgan fingerprint density at radius 3 is 2.50 bits per heavy atom. The number of carboxylic acid groups (broad SMARTS) is 1. The van der Waals surface area contributed by atoms with E-state index in [1.54, 1.807) is 48.5 Å². The number of aromatic carboxylic acids is 1. The fourth-order valence-electron chi connectivity index (χ4n) is 2.92. The second-order valence-corrected chi connectivity index (χ2v) is 6.46. The summed E-state index contributed by atoms with van der Waals surface area (Å²) < 4.78 is 28.1. The Morgan fingerprint density at radius 2 is 1.88 bits per heavy atom. The van der Waals surface area contributed by atoms with Crippen molar-refractivity contribution in [2.24, 2.45) is 0 Å². The number of carboxylic acids is 1. The number of alkyl halides is 2. The van der Waals surface area contributed by atoms with E-state index in [2.05, 4.69) is 4.98 Å². The normalized spacial score (nSPS) is 11.7. The Bertz CT molecular complexity index is 974. The highest BCUT2D eigenvalue weighted by atomic mass is 35.5. The summed E-state index contributed by atoms with van der Waals surface area (Å²) in [7, 11) is 0. The van der Waals surface area contributed by atoms with Crippen molar-refractivity contribution in [1.29, 1.82) is 0 Å². The Balaban J connectivity index is 2.41. The van der Waals surface area contributed by atoms with Crippen LogP contribution < -0.4 is 0 Å². The fourth-order valence-corrected chi connectivity index (χ4v) is 3.09. The van der Waals surface area contributed by atoms with Gasteiger partial charge in [0, 0.05) is 22.4 Å². The standard InChI is InChI=1S/C20H16ClF2NO2/c1-2-20(22,23)11-16-18(19(25)26)17(12-6-4-3-5-7-12)14-10-13(21)8-9-15(14)24-16/h3-10H,2,11H2,1H3,(H,25,26). The van der Waals surface area contributed by atoms with Crippen molar-refractivity contribution in [2.45, 2.75) is 25.7 Å². The third-order valence-electron chi connectivity index (χ3n) is 4.24. The van der Waals surface area contributed by atoms with Crippen LogP contribution in [0.5, 0.6) is 0 Å². The summed E-state index contributed by atoms with van der Waals surface area (Å²) >= 11 is 6.08. The van der Waals surface area contributed by atoms with E-state index < -0.39 is 24.7 Å². The fraction of sp³-hybridized carbons (Fsp3) is 0.200. The van der Waals surface area contributed by atoms with Gasteiger partial charge in [-0.05, 0) is 23.8 Å². The van der Waals surface area contributed by atoms with E-state index in [1.165, 1.54) is 6.92 Å². The van der Waals surface area contributed by atoms with Gasteiger partial charge in [-0.2, -0.15) is 0 Å². The molecule has 0 aliphatic carbocycles. The maximum absolute atomic E-state index is 14.0. The number of halogens is 3. The predicted molar refractivity (Wildman–Crippen MR) is 98.1 cm³/mol. The summed E-state index contributed by atoms with van der Waals surface area (Å²) in [6, 6.07) is 13.6. The highest BCUT2D eigenvalue weighted by Crippen LogP contribution is 2.36. The molecule has 0 radical (unpaired) electrons. The number of hydrogen-bond acceptors (Lipinski definition) is 2. The van der Waals surface area contributed by atoms with E-state index in [0.29, 0.717) is 27.1 Å². The molecule has 0 aliphatic rings. The molecule has 3 rings (SSSR count). The van der Waals surface area contributed by atoms with Crippen LogP contribution in [0, 0.1) is 0 Å². The van der Waals surface area contributed by atoms with Crippen molar-refractivity contribution in [3.63, 3.8) is 0 Å². The average molecular weight is 376 g/mol. The monoisotopic (exact) mass is 375 g/mol. The number of fused-ring (bicyclic) bond motifs is 1. The van der Waals surface area contributed by atoms with Crippen molar-refractivity contribution >= 4 is 28.5 Å². The van der Waals surface area contributed by atoms with Gasteiger partial charge in [-0.25, -0.2) is 13.6 Å². The molecule has 0 unspecified atom stereocenters. The van der Waals surface area contributed by atoms with Gasteiger partial charge in [-0.15, -0.1) is 0 Å². The van der Waals surface area contributed by atoms with Crippen LogP contribution in [0.3, 0.4) is 0 Å². The molecule has 1 N–H and O–H groups in total. The lowest BCUT2D eigenvalue weighted by Crippen LogP contribution is -2.21. The summed E-state index contributed by atoms with van der Waals surface area (Å²) in [5.74, 6) is -4.33. The second-order valence-electron chi connectivity index (χ2n) is 6.03. The van der Waals surface area contributed by atoms with E-state index >= 15 is 0 Å². The molecule has 0 saturated carbocycles. The molecule has 0 aliphatic heterocycles. The van der Waals surface area contributed by atoms with Gasteiger partial charge in [0.25, 0.3) is 5.92 Å². The molecule has 1 aromatic heterocycles. The lowest BCUT2D eigenvalue weighted by Gasteiger charge is -2.19. The molecule has 6 heteroatoms. The molecule has 3 nitrogen and oxygen atoms in total. The third-order valence-corrected chi connectivity index (χ3v) is 4.48. The largest absolute Gasteiger partial charge is 0.478 e. The molecule has 1 heterocycles. The van der Waals surface area contributed by atoms with Crippen LogP contribution in [-0.4, -0.2) is 22.0 Å². The van der Waals surface area contributed by atoms with Gasteiger partial charge in [0.05, 0.1) is 23.2 Å². The van der Waals surface area contributed by atoms with Gasteiger partial charge in [0.15, 0.2) is 0 Å². The lowest BCUT2D eigenvalue weighted by atomic mass is 9.92. The highest BCUT2D eigenvalue weighted by Gasteiger charge is 2.32. The molecular weight excluding hydrogens is 360 g/mol. The van der Waals surface area contributed by atoms with Crippen LogP contribution in [0.1, 0.15) is 29.4 Å². The number of benzene rings is 2. The van der Waals surface area contributed by atoms with Crippen LogP contribution in [0.25, 0.3) is 22.0 Å². The first-order valence-electron chi connectivity index (χ1n) is 8.11. The number of pyridine rings is 1.